The van der Waals surface area contributed by atoms with Gasteiger partial charge in [-0.15, -0.1) is 0 Å². The first kappa shape index (κ1) is 24.5. The van der Waals surface area contributed by atoms with Crippen molar-refractivity contribution >= 4 is 6.03 Å². The standard InChI is InChI=1S/C27H39N5O2/c1-30-15-17-31(18-16-30)21-23-7-5-22(6-8-23)19-28-27(33)29-20-26(32-13-3-4-14-32)24-9-11-25(34-2)12-10-24/h5-12,26H,3-4,13-21H2,1-2H3,(H2,28,29,33). The largest absolute Gasteiger partial charge is 0.497 e. The molecular weight excluding hydrogens is 426 g/mol. The van der Waals surface area contributed by atoms with Gasteiger partial charge < -0.3 is 20.3 Å². The van der Waals surface area contributed by atoms with Gasteiger partial charge in [0.15, 0.2) is 0 Å². The second-order valence-corrected chi connectivity index (χ2v) is 9.49. The average Bonchev–Trinajstić information content (AvgIpc) is 3.40. The number of hydrogen-bond acceptors (Lipinski definition) is 5. The summed E-state index contributed by atoms with van der Waals surface area (Å²) in [5, 5.41) is 6.11. The van der Waals surface area contributed by atoms with Crippen LogP contribution >= 0.6 is 0 Å². The Morgan fingerprint density at radius 2 is 1.53 bits per heavy atom. The molecule has 184 valence electrons. The Bertz CT molecular complexity index is 888. The van der Waals surface area contributed by atoms with Gasteiger partial charge in [-0.2, -0.15) is 0 Å². The zero-order chi connectivity index (χ0) is 23.8. The van der Waals surface area contributed by atoms with Crippen LogP contribution in [0.4, 0.5) is 4.79 Å². The predicted molar refractivity (Wildman–Crippen MR) is 136 cm³/mol. The number of nitrogens with one attached hydrogen (secondary N) is 2. The molecule has 2 N–H and O–H groups in total. The van der Waals surface area contributed by atoms with E-state index < -0.39 is 0 Å². The number of rotatable bonds is 9. The third kappa shape index (κ3) is 6.95. The van der Waals surface area contributed by atoms with Gasteiger partial charge in [0.2, 0.25) is 0 Å². The summed E-state index contributed by atoms with van der Waals surface area (Å²) in [7, 11) is 3.86. The molecule has 0 radical (unpaired) electrons. The number of hydrogen-bond donors (Lipinski definition) is 2. The van der Waals surface area contributed by atoms with E-state index in [0.717, 1.165) is 57.1 Å². The van der Waals surface area contributed by atoms with Gasteiger partial charge in [0.05, 0.1) is 13.2 Å². The number of likely N-dealkylation sites (N-methyl/N-ethyl adjacent to an activating group) is 1. The molecule has 0 saturated carbocycles. The van der Waals surface area contributed by atoms with Crippen molar-refractivity contribution in [3.8, 4) is 5.75 Å². The van der Waals surface area contributed by atoms with Crippen LogP contribution in [0.5, 0.6) is 5.75 Å². The van der Waals surface area contributed by atoms with E-state index in [1.165, 1.54) is 24.0 Å². The number of ether oxygens (including phenoxy) is 1. The fourth-order valence-electron chi connectivity index (χ4n) is 4.80. The fraction of sp³-hybridized carbons (Fsp3) is 0.519. The molecule has 4 rings (SSSR count). The fourth-order valence-corrected chi connectivity index (χ4v) is 4.80. The van der Waals surface area contributed by atoms with Crippen LogP contribution in [-0.2, 0) is 13.1 Å². The van der Waals surface area contributed by atoms with E-state index in [9.17, 15) is 4.79 Å². The summed E-state index contributed by atoms with van der Waals surface area (Å²) in [6.45, 7) is 8.75. The van der Waals surface area contributed by atoms with Crippen LogP contribution in [0, 0.1) is 0 Å². The van der Waals surface area contributed by atoms with Gasteiger partial charge >= 0.3 is 6.03 Å². The van der Waals surface area contributed by atoms with Crippen molar-refractivity contribution in [1.82, 2.24) is 25.3 Å². The first-order chi connectivity index (χ1) is 16.6. The van der Waals surface area contributed by atoms with E-state index in [1.54, 1.807) is 7.11 Å². The monoisotopic (exact) mass is 465 g/mol. The smallest absolute Gasteiger partial charge is 0.315 e. The molecule has 2 heterocycles. The predicted octanol–water partition coefficient (Wildman–Crippen LogP) is 3.08. The molecule has 1 atom stereocenters. The molecule has 2 aromatic carbocycles. The van der Waals surface area contributed by atoms with E-state index in [1.807, 2.05) is 12.1 Å². The molecule has 2 fully saturated rings. The number of amides is 2. The highest BCUT2D eigenvalue weighted by atomic mass is 16.5. The molecule has 2 saturated heterocycles. The maximum absolute atomic E-state index is 12.6. The minimum Gasteiger partial charge on any atom is -0.497 e. The van der Waals surface area contributed by atoms with Crippen molar-refractivity contribution < 1.29 is 9.53 Å². The summed E-state index contributed by atoms with van der Waals surface area (Å²) in [5.74, 6) is 0.851. The quantitative estimate of drug-likeness (QED) is 0.596. The van der Waals surface area contributed by atoms with Crippen LogP contribution in [0.25, 0.3) is 0 Å². The maximum atomic E-state index is 12.6. The van der Waals surface area contributed by atoms with Gasteiger partial charge in [0, 0.05) is 45.8 Å². The van der Waals surface area contributed by atoms with Gasteiger partial charge in [-0.25, -0.2) is 4.79 Å². The second-order valence-electron chi connectivity index (χ2n) is 9.49. The number of likely N-dealkylation sites (tertiary alicyclic amines) is 1. The topological polar surface area (TPSA) is 60.1 Å². The highest BCUT2D eigenvalue weighted by Crippen LogP contribution is 2.26. The zero-order valence-electron chi connectivity index (χ0n) is 20.6. The van der Waals surface area contributed by atoms with E-state index in [0.29, 0.717) is 13.1 Å². The molecule has 0 aromatic heterocycles. The third-order valence-corrected chi connectivity index (χ3v) is 7.02. The summed E-state index contributed by atoms with van der Waals surface area (Å²) >= 11 is 0. The lowest BCUT2D eigenvalue weighted by atomic mass is 10.1. The highest BCUT2D eigenvalue weighted by Gasteiger charge is 2.24. The van der Waals surface area contributed by atoms with Crippen LogP contribution < -0.4 is 15.4 Å². The van der Waals surface area contributed by atoms with Crippen LogP contribution in [0.3, 0.4) is 0 Å². The van der Waals surface area contributed by atoms with Gasteiger partial charge in [-0.05, 0) is 61.8 Å². The van der Waals surface area contributed by atoms with Crippen LogP contribution in [0.1, 0.15) is 35.6 Å². The summed E-state index contributed by atoms with van der Waals surface area (Å²) in [5.41, 5.74) is 3.65. The Hall–Kier alpha value is -2.61. The van der Waals surface area contributed by atoms with E-state index in [-0.39, 0.29) is 12.1 Å². The first-order valence-electron chi connectivity index (χ1n) is 12.5. The summed E-state index contributed by atoms with van der Waals surface area (Å²) < 4.78 is 5.30. The SMILES string of the molecule is COc1ccc(C(CNC(=O)NCc2ccc(CN3CCN(C)CC3)cc2)N2CCCC2)cc1. The van der Waals surface area contributed by atoms with E-state index in [4.69, 9.17) is 4.74 Å². The van der Waals surface area contributed by atoms with E-state index in [2.05, 4.69) is 68.8 Å². The number of nitrogens with zero attached hydrogens (tertiary/aromatic N) is 3. The average molecular weight is 466 g/mol. The van der Waals surface area contributed by atoms with Crippen molar-refractivity contribution in [2.24, 2.45) is 0 Å². The number of piperazine rings is 1. The Kier molecular flexibility index (Phi) is 8.79. The van der Waals surface area contributed by atoms with Gasteiger partial charge in [0.25, 0.3) is 0 Å². The Labute approximate surface area is 204 Å². The molecule has 0 bridgehead atoms. The number of urea groups is 1. The molecule has 34 heavy (non-hydrogen) atoms. The second kappa shape index (κ2) is 12.2. The lowest BCUT2D eigenvalue weighted by molar-refractivity contribution is 0.148. The Morgan fingerprint density at radius 3 is 2.18 bits per heavy atom. The first-order valence-corrected chi connectivity index (χ1v) is 12.5. The highest BCUT2D eigenvalue weighted by molar-refractivity contribution is 5.73. The van der Waals surface area contributed by atoms with Crippen molar-refractivity contribution in [3.05, 3.63) is 65.2 Å². The van der Waals surface area contributed by atoms with Crippen molar-refractivity contribution in [1.29, 1.82) is 0 Å². The minimum atomic E-state index is -0.126. The lowest BCUT2D eigenvalue weighted by Gasteiger charge is -2.32. The van der Waals surface area contributed by atoms with Crippen LogP contribution in [0.15, 0.2) is 48.5 Å². The number of methoxy groups -OCH3 is 1. The molecule has 7 nitrogen and oxygen atoms in total. The van der Waals surface area contributed by atoms with Crippen molar-refractivity contribution in [2.45, 2.75) is 32.0 Å². The normalized spacial score (nSPS) is 18.5. The number of benzene rings is 2. The van der Waals surface area contributed by atoms with E-state index >= 15 is 0 Å². The number of carbonyl (C=O) groups excluding carboxylic acids is 1. The van der Waals surface area contributed by atoms with Crippen LogP contribution in [0.2, 0.25) is 0 Å². The minimum absolute atomic E-state index is 0.126. The van der Waals surface area contributed by atoms with Gasteiger partial charge in [-0.3, -0.25) is 9.80 Å². The maximum Gasteiger partial charge on any atom is 0.315 e. The molecule has 0 spiro atoms. The molecule has 7 heteroatoms. The molecule has 1 unspecified atom stereocenters. The molecule has 2 aliphatic heterocycles. The number of carbonyl (C=O) groups is 1. The Morgan fingerprint density at radius 1 is 0.882 bits per heavy atom. The zero-order valence-corrected chi connectivity index (χ0v) is 20.6. The molecular formula is C27H39N5O2. The Balaban J connectivity index is 1.24. The summed E-state index contributed by atoms with van der Waals surface area (Å²) in [6, 6.07) is 16.8. The summed E-state index contributed by atoms with van der Waals surface area (Å²) in [6.07, 6.45) is 2.42. The van der Waals surface area contributed by atoms with Crippen LogP contribution in [-0.4, -0.2) is 80.7 Å². The lowest BCUT2D eigenvalue weighted by Crippen LogP contribution is -2.43. The third-order valence-electron chi connectivity index (χ3n) is 7.02. The van der Waals surface area contributed by atoms with Gasteiger partial charge in [0.1, 0.15) is 5.75 Å². The molecule has 0 aliphatic carbocycles. The molecule has 2 aromatic rings. The molecule has 2 amide bonds. The van der Waals surface area contributed by atoms with Crippen molar-refractivity contribution in [3.63, 3.8) is 0 Å². The van der Waals surface area contributed by atoms with Gasteiger partial charge in [-0.1, -0.05) is 36.4 Å². The molecule has 2 aliphatic rings. The summed E-state index contributed by atoms with van der Waals surface area (Å²) in [4.78, 5) is 19.9. The van der Waals surface area contributed by atoms with Crippen molar-refractivity contribution in [2.75, 3.05) is 60.0 Å².